The molecule has 15 heteroatoms. The van der Waals surface area contributed by atoms with Crippen LogP contribution in [0.2, 0.25) is 0 Å². The molecule has 1 fully saturated rings. The van der Waals surface area contributed by atoms with Crippen LogP contribution < -0.4 is 20.7 Å². The number of halogens is 2. The van der Waals surface area contributed by atoms with Crippen molar-refractivity contribution in [3.63, 3.8) is 0 Å². The molecule has 3 amide bonds. The maximum absolute atomic E-state index is 15.9. The summed E-state index contributed by atoms with van der Waals surface area (Å²) in [6.07, 6.45) is 1.91. The van der Waals surface area contributed by atoms with Crippen molar-refractivity contribution in [1.82, 2.24) is 25.8 Å². The molecule has 0 unspecified atom stereocenters. The fourth-order valence-electron chi connectivity index (χ4n) is 5.75. The quantitative estimate of drug-likeness (QED) is 0.133. The van der Waals surface area contributed by atoms with E-state index in [2.05, 4.69) is 25.8 Å². The fourth-order valence-corrected chi connectivity index (χ4v) is 5.75. The number of pyridine rings is 1. The van der Waals surface area contributed by atoms with Gasteiger partial charge >= 0.3 is 12.0 Å². The van der Waals surface area contributed by atoms with Gasteiger partial charge in [0, 0.05) is 38.4 Å². The van der Waals surface area contributed by atoms with E-state index < -0.39 is 53.7 Å². The van der Waals surface area contributed by atoms with Crippen molar-refractivity contribution < 1.29 is 46.9 Å². The molecule has 0 saturated carbocycles. The second-order valence-corrected chi connectivity index (χ2v) is 14.3. The van der Waals surface area contributed by atoms with E-state index in [4.69, 9.17) is 18.9 Å². The van der Waals surface area contributed by atoms with Crippen LogP contribution in [0, 0.1) is 11.8 Å². The number of ether oxygens (including phenoxy) is 4. The lowest BCUT2D eigenvalue weighted by molar-refractivity contribution is -0.161. The Morgan fingerprint density at radius 2 is 1.54 bits per heavy atom. The summed E-state index contributed by atoms with van der Waals surface area (Å²) in [6, 6.07) is 14.9. The molecule has 56 heavy (non-hydrogen) atoms. The van der Waals surface area contributed by atoms with Crippen LogP contribution in [-0.4, -0.2) is 104 Å². The van der Waals surface area contributed by atoms with Gasteiger partial charge in [0.05, 0.1) is 38.5 Å². The molecule has 1 saturated heterocycles. The summed E-state index contributed by atoms with van der Waals surface area (Å²) in [5.41, 5.74) is 1.89. The molecule has 0 radical (unpaired) electrons. The van der Waals surface area contributed by atoms with Gasteiger partial charge in [0.25, 0.3) is 5.91 Å². The molecule has 1 aliphatic rings. The van der Waals surface area contributed by atoms with Gasteiger partial charge in [-0.1, -0.05) is 76.2 Å². The van der Waals surface area contributed by atoms with Gasteiger partial charge in [-0.15, -0.1) is 0 Å². The molecule has 0 spiro atoms. The van der Waals surface area contributed by atoms with Crippen LogP contribution in [0.15, 0.2) is 79.1 Å². The zero-order chi connectivity index (χ0) is 40.5. The topological polar surface area (TPSA) is 157 Å². The average Bonchev–Trinajstić information content (AvgIpc) is 3.19. The molecule has 0 bridgehead atoms. The highest BCUT2D eigenvalue weighted by Crippen LogP contribution is 2.22. The van der Waals surface area contributed by atoms with E-state index in [-0.39, 0.29) is 32.2 Å². The number of rotatable bonds is 21. The number of alkyl carbamates (subject to hydrolysis) is 1. The van der Waals surface area contributed by atoms with E-state index in [0.717, 1.165) is 18.7 Å². The van der Waals surface area contributed by atoms with E-state index in [1.165, 1.54) is 0 Å². The molecule has 3 atom stereocenters. The number of carbonyl (C=O) groups is 4. The lowest BCUT2D eigenvalue weighted by atomic mass is 9.96. The van der Waals surface area contributed by atoms with Gasteiger partial charge in [-0.2, -0.15) is 8.78 Å². The second-order valence-electron chi connectivity index (χ2n) is 14.3. The molecule has 1 aliphatic heterocycles. The highest BCUT2D eigenvalue weighted by molar-refractivity contribution is 6.10. The van der Waals surface area contributed by atoms with Crippen LogP contribution in [0.5, 0.6) is 5.75 Å². The molecule has 13 nitrogen and oxygen atoms in total. The number of hydrogen-bond acceptors (Lipinski definition) is 10. The molecule has 2 aromatic carbocycles. The lowest BCUT2D eigenvalue weighted by Gasteiger charge is -2.28. The molecule has 3 N–H and O–H groups in total. The number of carbonyl (C=O) groups excluding carboxylic acids is 4. The SMILES string of the molecule is CC(C)[C@@H](COCc1cccnc1)NC(=O)C(F)(F)C(=O)[C@@H](Cc1ccc(OCCN2CCOCC2)cc1)NC(=O)[C@H](NC(=O)OCc1ccccc1)C(C)C. The summed E-state index contributed by atoms with van der Waals surface area (Å²) in [6.45, 7) is 10.8. The molecule has 3 aromatic rings. The Labute approximate surface area is 326 Å². The van der Waals surface area contributed by atoms with Crippen molar-refractivity contribution in [3.8, 4) is 5.75 Å². The molecule has 2 heterocycles. The first-order valence-corrected chi connectivity index (χ1v) is 18.8. The minimum absolute atomic E-state index is 0.0691. The second kappa shape index (κ2) is 21.9. The lowest BCUT2D eigenvalue weighted by Crippen LogP contribution is -2.60. The van der Waals surface area contributed by atoms with Gasteiger partial charge in [0.15, 0.2) is 0 Å². The van der Waals surface area contributed by atoms with Crippen molar-refractivity contribution in [2.45, 2.75) is 71.4 Å². The highest BCUT2D eigenvalue weighted by Gasteiger charge is 2.51. The summed E-state index contributed by atoms with van der Waals surface area (Å²) in [5.74, 6) is -9.43. The Hall–Kier alpha value is -4.99. The number of ketones is 1. The number of benzene rings is 2. The van der Waals surface area contributed by atoms with Gasteiger partial charge < -0.3 is 34.9 Å². The van der Waals surface area contributed by atoms with Crippen LogP contribution in [0.1, 0.15) is 44.4 Å². The first-order chi connectivity index (χ1) is 26.8. The number of alkyl halides is 2. The van der Waals surface area contributed by atoms with Crippen molar-refractivity contribution in [2.75, 3.05) is 46.1 Å². The molecule has 304 valence electrons. The Morgan fingerprint density at radius 1 is 0.839 bits per heavy atom. The maximum Gasteiger partial charge on any atom is 0.408 e. The van der Waals surface area contributed by atoms with Crippen molar-refractivity contribution in [2.24, 2.45) is 11.8 Å². The predicted octanol–water partition coefficient (Wildman–Crippen LogP) is 4.33. The van der Waals surface area contributed by atoms with E-state index >= 15 is 8.78 Å². The van der Waals surface area contributed by atoms with Gasteiger partial charge in [0.1, 0.15) is 25.0 Å². The number of nitrogens with one attached hydrogen (secondary N) is 3. The minimum atomic E-state index is -4.55. The molecular formula is C41H53F2N5O8. The number of Topliss-reactive ketones (excluding diaryl/α,β-unsaturated/α-hetero) is 1. The third-order valence-corrected chi connectivity index (χ3v) is 9.22. The zero-order valence-corrected chi connectivity index (χ0v) is 32.4. The zero-order valence-electron chi connectivity index (χ0n) is 32.4. The Balaban J connectivity index is 1.46. The largest absolute Gasteiger partial charge is 0.492 e. The van der Waals surface area contributed by atoms with E-state index in [1.807, 2.05) is 6.07 Å². The average molecular weight is 782 g/mol. The van der Waals surface area contributed by atoms with Crippen molar-refractivity contribution >= 4 is 23.7 Å². The van der Waals surface area contributed by atoms with Crippen molar-refractivity contribution in [3.05, 3.63) is 95.8 Å². The molecule has 0 aliphatic carbocycles. The maximum atomic E-state index is 15.9. The number of aromatic nitrogens is 1. The third kappa shape index (κ3) is 13.9. The van der Waals surface area contributed by atoms with E-state index in [9.17, 15) is 19.2 Å². The summed E-state index contributed by atoms with van der Waals surface area (Å²) >= 11 is 0. The van der Waals surface area contributed by atoms with E-state index in [1.54, 1.807) is 101 Å². The standard InChI is InChI=1S/C41H53F2N5O8/c1-28(2)35(27-54-25-32-11-8-16-44-24-32)46-39(51)41(42,43)37(49)34(23-30-12-14-33(15-13-30)55-22-19-48-17-20-53-21-18-48)45-38(50)36(29(3)4)47-40(52)56-26-31-9-6-5-7-10-31/h5-16,24,28-29,34-36H,17-23,25-27H2,1-4H3,(H,45,50)(H,46,51)(H,47,52)/t34-,35-,36-/m1/s1. The van der Waals surface area contributed by atoms with Gasteiger partial charge in [0.2, 0.25) is 11.7 Å². The number of morpholine rings is 1. The smallest absolute Gasteiger partial charge is 0.408 e. The number of nitrogens with zero attached hydrogens (tertiary/aromatic N) is 2. The number of amides is 3. The Morgan fingerprint density at radius 3 is 2.18 bits per heavy atom. The Bertz CT molecular complexity index is 1680. The number of hydrogen-bond donors (Lipinski definition) is 3. The molecule has 1 aromatic heterocycles. The molecular weight excluding hydrogens is 728 g/mol. The van der Waals surface area contributed by atoms with Crippen LogP contribution >= 0.6 is 0 Å². The van der Waals surface area contributed by atoms with Gasteiger partial charge in [-0.05, 0) is 46.7 Å². The van der Waals surface area contributed by atoms with E-state index in [0.29, 0.717) is 43.2 Å². The summed E-state index contributed by atoms with van der Waals surface area (Å²) in [5, 5.41) is 7.16. The summed E-state index contributed by atoms with van der Waals surface area (Å²) in [4.78, 5) is 59.5. The summed E-state index contributed by atoms with van der Waals surface area (Å²) < 4.78 is 54.0. The van der Waals surface area contributed by atoms with Crippen LogP contribution in [0.25, 0.3) is 0 Å². The van der Waals surface area contributed by atoms with Crippen LogP contribution in [-0.2, 0) is 48.2 Å². The van der Waals surface area contributed by atoms with Crippen LogP contribution in [0.3, 0.4) is 0 Å². The van der Waals surface area contributed by atoms with Gasteiger partial charge in [-0.3, -0.25) is 24.3 Å². The Kier molecular flexibility index (Phi) is 17.1. The minimum Gasteiger partial charge on any atom is -0.492 e. The van der Waals surface area contributed by atoms with Gasteiger partial charge in [-0.25, -0.2) is 4.79 Å². The van der Waals surface area contributed by atoms with Crippen LogP contribution in [0.4, 0.5) is 13.6 Å². The monoisotopic (exact) mass is 781 g/mol. The molecule has 4 rings (SSSR count). The summed E-state index contributed by atoms with van der Waals surface area (Å²) in [7, 11) is 0. The highest BCUT2D eigenvalue weighted by atomic mass is 19.3. The predicted molar refractivity (Wildman–Crippen MR) is 204 cm³/mol. The first-order valence-electron chi connectivity index (χ1n) is 18.8. The normalized spacial score (nSPS) is 15.1. The van der Waals surface area contributed by atoms with Crippen molar-refractivity contribution in [1.29, 1.82) is 0 Å². The third-order valence-electron chi connectivity index (χ3n) is 9.22. The fraction of sp³-hybridized carbons (Fsp3) is 0.488. The first kappa shape index (κ1) is 43.7.